The Morgan fingerprint density at radius 1 is 1.38 bits per heavy atom. The van der Waals surface area contributed by atoms with Gasteiger partial charge < -0.3 is 10.6 Å². The normalized spacial score (nSPS) is 20.0. The minimum Gasteiger partial charge on any atom is -0.384 e. The average Bonchev–Trinajstić information content (AvgIpc) is 2.77. The van der Waals surface area contributed by atoms with Gasteiger partial charge in [0.2, 0.25) is 0 Å². The Morgan fingerprint density at radius 3 is 3.00 bits per heavy atom. The highest BCUT2D eigenvalue weighted by Crippen LogP contribution is 2.29. The number of hydrogen-bond donors (Lipinski definition) is 2. The first-order chi connectivity index (χ1) is 7.77. The van der Waals surface area contributed by atoms with Crippen LogP contribution >= 0.6 is 23.2 Å². The molecule has 0 radical (unpaired) electrons. The van der Waals surface area contributed by atoms with Crippen molar-refractivity contribution in [3.63, 3.8) is 0 Å². The maximum Gasteiger partial charge on any atom is 0.0823 e. The Hall–Kier alpha value is -0.440. The summed E-state index contributed by atoms with van der Waals surface area (Å²) in [6.45, 7) is 3.25. The third-order valence-corrected chi connectivity index (χ3v) is 3.80. The number of benzene rings is 1. The summed E-state index contributed by atoms with van der Waals surface area (Å²) in [5.74, 6) is 0.797. The molecule has 1 saturated heterocycles. The molecule has 1 aliphatic heterocycles. The van der Waals surface area contributed by atoms with Crippen LogP contribution in [-0.4, -0.2) is 19.6 Å². The predicted molar refractivity (Wildman–Crippen MR) is 70.5 cm³/mol. The molecule has 1 aromatic rings. The second-order valence-electron chi connectivity index (χ2n) is 4.18. The lowest BCUT2D eigenvalue weighted by molar-refractivity contribution is 0.549. The molecule has 2 nitrogen and oxygen atoms in total. The maximum absolute atomic E-state index is 6.08. The van der Waals surface area contributed by atoms with Crippen LogP contribution in [0, 0.1) is 5.92 Å². The van der Waals surface area contributed by atoms with Crippen LogP contribution in [0.5, 0.6) is 0 Å². The van der Waals surface area contributed by atoms with Crippen LogP contribution in [0.4, 0.5) is 5.69 Å². The molecule has 1 aromatic carbocycles. The molecule has 0 amide bonds. The third kappa shape index (κ3) is 3.03. The summed E-state index contributed by atoms with van der Waals surface area (Å²) in [6.07, 6.45) is 2.46. The SMILES string of the molecule is Clc1cccc(NCCC2CCNC2)c1Cl. The molecule has 2 N–H and O–H groups in total. The first kappa shape index (κ1) is 12.0. The third-order valence-electron chi connectivity index (χ3n) is 2.98. The van der Waals surface area contributed by atoms with Gasteiger partial charge >= 0.3 is 0 Å². The summed E-state index contributed by atoms with van der Waals surface area (Å²) < 4.78 is 0. The molecule has 0 aliphatic carbocycles. The van der Waals surface area contributed by atoms with E-state index in [1.165, 1.54) is 12.8 Å². The number of halogens is 2. The maximum atomic E-state index is 6.08. The van der Waals surface area contributed by atoms with Crippen molar-refractivity contribution >= 4 is 28.9 Å². The fourth-order valence-electron chi connectivity index (χ4n) is 2.01. The monoisotopic (exact) mass is 258 g/mol. The van der Waals surface area contributed by atoms with E-state index in [0.717, 1.165) is 31.2 Å². The summed E-state index contributed by atoms with van der Waals surface area (Å²) >= 11 is 12.0. The smallest absolute Gasteiger partial charge is 0.0823 e. The lowest BCUT2D eigenvalue weighted by Crippen LogP contribution is -2.12. The second kappa shape index (κ2) is 5.76. The summed E-state index contributed by atoms with van der Waals surface area (Å²) in [5.41, 5.74) is 0.931. The van der Waals surface area contributed by atoms with Crippen molar-refractivity contribution in [3.05, 3.63) is 28.2 Å². The van der Waals surface area contributed by atoms with E-state index in [2.05, 4.69) is 10.6 Å². The van der Waals surface area contributed by atoms with Gasteiger partial charge in [0.1, 0.15) is 0 Å². The molecule has 1 aliphatic rings. The molecule has 0 spiro atoms. The van der Waals surface area contributed by atoms with Crippen molar-refractivity contribution < 1.29 is 0 Å². The number of hydrogen-bond acceptors (Lipinski definition) is 2. The predicted octanol–water partition coefficient (Wildman–Crippen LogP) is 3.40. The van der Waals surface area contributed by atoms with E-state index in [1.807, 2.05) is 12.1 Å². The molecule has 1 atom stereocenters. The molecule has 4 heteroatoms. The Morgan fingerprint density at radius 2 is 2.25 bits per heavy atom. The number of nitrogens with one attached hydrogen (secondary N) is 2. The molecule has 88 valence electrons. The van der Waals surface area contributed by atoms with Gasteiger partial charge in [-0.15, -0.1) is 0 Å². The molecule has 16 heavy (non-hydrogen) atoms. The fraction of sp³-hybridized carbons (Fsp3) is 0.500. The van der Waals surface area contributed by atoms with E-state index in [1.54, 1.807) is 6.07 Å². The number of rotatable bonds is 4. The Labute approximate surface area is 106 Å². The largest absolute Gasteiger partial charge is 0.384 e. The van der Waals surface area contributed by atoms with Crippen molar-refractivity contribution in [2.75, 3.05) is 25.0 Å². The molecular formula is C12H16Cl2N2. The first-order valence-electron chi connectivity index (χ1n) is 5.66. The quantitative estimate of drug-likeness (QED) is 0.865. The Kier molecular flexibility index (Phi) is 4.33. The molecule has 1 fully saturated rings. The van der Waals surface area contributed by atoms with Gasteiger partial charge in [-0.3, -0.25) is 0 Å². The van der Waals surface area contributed by atoms with Gasteiger partial charge in [0.05, 0.1) is 15.7 Å². The zero-order valence-electron chi connectivity index (χ0n) is 9.10. The molecule has 0 bridgehead atoms. The van der Waals surface area contributed by atoms with Crippen LogP contribution in [0.1, 0.15) is 12.8 Å². The highest BCUT2D eigenvalue weighted by Gasteiger charge is 2.13. The van der Waals surface area contributed by atoms with E-state index < -0.39 is 0 Å². The summed E-state index contributed by atoms with van der Waals surface area (Å²) in [5, 5.41) is 7.93. The lowest BCUT2D eigenvalue weighted by atomic mass is 10.1. The molecular weight excluding hydrogens is 243 g/mol. The van der Waals surface area contributed by atoms with Crippen molar-refractivity contribution in [3.8, 4) is 0 Å². The standard InChI is InChI=1S/C12H16Cl2N2/c13-10-2-1-3-11(12(10)14)16-7-5-9-4-6-15-8-9/h1-3,9,15-16H,4-8H2. The minimum atomic E-state index is 0.606. The highest BCUT2D eigenvalue weighted by molar-refractivity contribution is 6.43. The van der Waals surface area contributed by atoms with Crippen LogP contribution in [0.15, 0.2) is 18.2 Å². The van der Waals surface area contributed by atoms with Crippen LogP contribution in [0.2, 0.25) is 10.0 Å². The van der Waals surface area contributed by atoms with E-state index in [0.29, 0.717) is 10.0 Å². The Bertz CT molecular complexity index is 349. The fourth-order valence-corrected chi connectivity index (χ4v) is 2.38. The van der Waals surface area contributed by atoms with E-state index in [9.17, 15) is 0 Å². The average molecular weight is 259 g/mol. The molecule has 1 unspecified atom stereocenters. The van der Waals surface area contributed by atoms with Crippen LogP contribution in [0.3, 0.4) is 0 Å². The molecule has 1 heterocycles. The highest BCUT2D eigenvalue weighted by atomic mass is 35.5. The van der Waals surface area contributed by atoms with Gasteiger partial charge in [-0.25, -0.2) is 0 Å². The van der Waals surface area contributed by atoms with E-state index >= 15 is 0 Å². The van der Waals surface area contributed by atoms with Crippen LogP contribution < -0.4 is 10.6 Å². The van der Waals surface area contributed by atoms with Crippen molar-refractivity contribution in [1.29, 1.82) is 0 Å². The zero-order valence-corrected chi connectivity index (χ0v) is 10.6. The van der Waals surface area contributed by atoms with E-state index in [4.69, 9.17) is 23.2 Å². The summed E-state index contributed by atoms with van der Waals surface area (Å²) in [7, 11) is 0. The van der Waals surface area contributed by atoms with Gasteiger partial charge in [0.15, 0.2) is 0 Å². The van der Waals surface area contributed by atoms with Gasteiger partial charge in [-0.2, -0.15) is 0 Å². The number of anilines is 1. The van der Waals surface area contributed by atoms with Crippen molar-refractivity contribution in [2.45, 2.75) is 12.8 Å². The molecule has 0 saturated carbocycles. The zero-order chi connectivity index (χ0) is 11.4. The van der Waals surface area contributed by atoms with Crippen molar-refractivity contribution in [2.24, 2.45) is 5.92 Å². The Balaban J connectivity index is 1.82. The lowest BCUT2D eigenvalue weighted by Gasteiger charge is -2.11. The van der Waals surface area contributed by atoms with Gasteiger partial charge in [-0.05, 0) is 44.0 Å². The minimum absolute atomic E-state index is 0.606. The van der Waals surface area contributed by atoms with E-state index in [-0.39, 0.29) is 0 Å². The molecule has 2 rings (SSSR count). The second-order valence-corrected chi connectivity index (χ2v) is 4.96. The van der Waals surface area contributed by atoms with Gasteiger partial charge in [0, 0.05) is 6.54 Å². The first-order valence-corrected chi connectivity index (χ1v) is 6.41. The summed E-state index contributed by atoms with van der Waals surface area (Å²) in [6, 6.07) is 5.67. The summed E-state index contributed by atoms with van der Waals surface area (Å²) in [4.78, 5) is 0. The van der Waals surface area contributed by atoms with Gasteiger partial charge in [-0.1, -0.05) is 29.3 Å². The van der Waals surface area contributed by atoms with Crippen LogP contribution in [-0.2, 0) is 0 Å². The van der Waals surface area contributed by atoms with Crippen molar-refractivity contribution in [1.82, 2.24) is 5.32 Å². The molecule has 0 aromatic heterocycles. The van der Waals surface area contributed by atoms with Gasteiger partial charge in [0.25, 0.3) is 0 Å². The topological polar surface area (TPSA) is 24.1 Å². The van der Waals surface area contributed by atoms with Crippen LogP contribution in [0.25, 0.3) is 0 Å².